The maximum Gasteiger partial charge on any atom is 0.237 e. The second-order valence-corrected chi connectivity index (χ2v) is 5.46. The van der Waals surface area contributed by atoms with E-state index >= 15 is 0 Å². The van der Waals surface area contributed by atoms with Gasteiger partial charge in [0, 0.05) is 0 Å². The minimum atomic E-state index is -0.581. The van der Waals surface area contributed by atoms with E-state index in [-0.39, 0.29) is 18.3 Å². The molecule has 4 nitrogen and oxygen atoms in total. The zero-order chi connectivity index (χ0) is 15.1. The predicted octanol–water partition coefficient (Wildman–Crippen LogP) is 2.51. The first-order chi connectivity index (χ1) is 9.51. The molecule has 0 fully saturated rings. The Bertz CT molecular complexity index is 463. The summed E-state index contributed by atoms with van der Waals surface area (Å²) in [6, 6.07) is 3.49. The summed E-state index contributed by atoms with van der Waals surface area (Å²) < 4.78 is 19.0. The van der Waals surface area contributed by atoms with Gasteiger partial charge in [-0.25, -0.2) is 4.39 Å². The van der Waals surface area contributed by atoms with E-state index < -0.39 is 17.9 Å². The standard InChI is InChI=1S/C14H21FN2O2S.ClH/c1-9(17-14(18)11(16)7-8-20-3)13-10(15)5-4-6-12(13)19-2;/h4-6,9,11H,7-8,16H2,1-3H3,(H,17,18);1H/t9?,11-;/m0./s1. The van der Waals surface area contributed by atoms with Crippen LogP contribution in [0.5, 0.6) is 5.75 Å². The van der Waals surface area contributed by atoms with E-state index in [1.165, 1.54) is 13.2 Å². The van der Waals surface area contributed by atoms with Crippen LogP contribution in [0.3, 0.4) is 0 Å². The van der Waals surface area contributed by atoms with Crippen molar-refractivity contribution in [3.8, 4) is 5.75 Å². The maximum absolute atomic E-state index is 13.9. The molecule has 0 radical (unpaired) electrons. The predicted molar refractivity (Wildman–Crippen MR) is 87.7 cm³/mol. The number of rotatable bonds is 7. The normalized spacial score (nSPS) is 13.0. The van der Waals surface area contributed by atoms with Gasteiger partial charge in [0.1, 0.15) is 11.6 Å². The van der Waals surface area contributed by atoms with Crippen molar-refractivity contribution >= 4 is 30.1 Å². The van der Waals surface area contributed by atoms with Gasteiger partial charge in [0.05, 0.1) is 24.8 Å². The van der Waals surface area contributed by atoms with Crippen LogP contribution in [-0.4, -0.2) is 31.1 Å². The summed E-state index contributed by atoms with van der Waals surface area (Å²) in [6.07, 6.45) is 2.55. The Morgan fingerprint density at radius 1 is 1.52 bits per heavy atom. The summed E-state index contributed by atoms with van der Waals surface area (Å²) in [6.45, 7) is 1.71. The summed E-state index contributed by atoms with van der Waals surface area (Å²) in [5.41, 5.74) is 6.12. The Hall–Kier alpha value is -0.980. The SMILES string of the molecule is COc1cccc(F)c1C(C)NC(=O)[C@@H](N)CCSC.Cl. The molecule has 0 aliphatic carbocycles. The van der Waals surface area contributed by atoms with Gasteiger partial charge >= 0.3 is 0 Å². The van der Waals surface area contributed by atoms with Crippen LogP contribution in [0.15, 0.2) is 18.2 Å². The quantitative estimate of drug-likeness (QED) is 0.803. The lowest BCUT2D eigenvalue weighted by Gasteiger charge is -2.20. The zero-order valence-corrected chi connectivity index (χ0v) is 14.0. The molecular formula is C14H22ClFN2O2S. The van der Waals surface area contributed by atoms with Crippen molar-refractivity contribution in [1.29, 1.82) is 0 Å². The van der Waals surface area contributed by atoms with Gasteiger partial charge < -0.3 is 15.8 Å². The number of carbonyl (C=O) groups excluding carboxylic acids is 1. The van der Waals surface area contributed by atoms with Crippen LogP contribution in [0, 0.1) is 5.82 Å². The molecule has 0 spiro atoms. The lowest BCUT2D eigenvalue weighted by Crippen LogP contribution is -2.42. The van der Waals surface area contributed by atoms with E-state index in [1.807, 2.05) is 6.26 Å². The molecule has 0 bridgehead atoms. The molecule has 1 rings (SSSR count). The summed E-state index contributed by atoms with van der Waals surface area (Å²) in [5, 5.41) is 2.73. The minimum absolute atomic E-state index is 0. The van der Waals surface area contributed by atoms with Crippen molar-refractivity contribution in [3.05, 3.63) is 29.6 Å². The summed E-state index contributed by atoms with van der Waals surface area (Å²) in [7, 11) is 1.47. The Morgan fingerprint density at radius 3 is 2.76 bits per heavy atom. The van der Waals surface area contributed by atoms with Crippen LogP contribution in [0.25, 0.3) is 0 Å². The molecule has 3 N–H and O–H groups in total. The number of nitrogens with one attached hydrogen (secondary N) is 1. The molecule has 1 unspecified atom stereocenters. The van der Waals surface area contributed by atoms with Gasteiger partial charge in [-0.3, -0.25) is 4.79 Å². The third-order valence-electron chi connectivity index (χ3n) is 2.99. The lowest BCUT2D eigenvalue weighted by molar-refractivity contribution is -0.123. The van der Waals surface area contributed by atoms with Crippen molar-refractivity contribution in [2.75, 3.05) is 19.1 Å². The number of benzene rings is 1. The highest BCUT2D eigenvalue weighted by atomic mass is 35.5. The topological polar surface area (TPSA) is 64.3 Å². The van der Waals surface area contributed by atoms with Gasteiger partial charge in [0.25, 0.3) is 0 Å². The summed E-state index contributed by atoms with van der Waals surface area (Å²) in [4.78, 5) is 11.9. The van der Waals surface area contributed by atoms with Gasteiger partial charge in [0.15, 0.2) is 0 Å². The number of amides is 1. The monoisotopic (exact) mass is 336 g/mol. The molecular weight excluding hydrogens is 315 g/mol. The van der Waals surface area contributed by atoms with Gasteiger partial charge in [-0.1, -0.05) is 6.07 Å². The number of hydrogen-bond acceptors (Lipinski definition) is 4. The molecule has 120 valence electrons. The smallest absolute Gasteiger partial charge is 0.237 e. The van der Waals surface area contributed by atoms with Crippen LogP contribution < -0.4 is 15.8 Å². The van der Waals surface area contributed by atoms with Gasteiger partial charge in [0.2, 0.25) is 5.91 Å². The van der Waals surface area contributed by atoms with E-state index in [9.17, 15) is 9.18 Å². The summed E-state index contributed by atoms with van der Waals surface area (Å²) in [5.74, 6) is 0.536. The van der Waals surface area contributed by atoms with Crippen molar-refractivity contribution in [2.24, 2.45) is 5.73 Å². The van der Waals surface area contributed by atoms with E-state index in [4.69, 9.17) is 10.5 Å². The minimum Gasteiger partial charge on any atom is -0.496 e. The molecule has 0 saturated heterocycles. The molecule has 21 heavy (non-hydrogen) atoms. The third kappa shape index (κ3) is 5.73. The van der Waals surface area contributed by atoms with E-state index in [0.717, 1.165) is 5.75 Å². The second kappa shape index (κ2) is 9.87. The largest absolute Gasteiger partial charge is 0.496 e. The van der Waals surface area contributed by atoms with E-state index in [2.05, 4.69) is 5.32 Å². The maximum atomic E-state index is 13.9. The average Bonchev–Trinajstić information content (AvgIpc) is 2.43. The third-order valence-corrected chi connectivity index (χ3v) is 3.64. The first kappa shape index (κ1) is 20.0. The molecule has 7 heteroatoms. The molecule has 0 aromatic heterocycles. The first-order valence-corrected chi connectivity index (χ1v) is 7.78. The second-order valence-electron chi connectivity index (χ2n) is 4.47. The van der Waals surface area contributed by atoms with Crippen LogP contribution in [0.4, 0.5) is 4.39 Å². The van der Waals surface area contributed by atoms with Gasteiger partial charge in [-0.15, -0.1) is 12.4 Å². The first-order valence-electron chi connectivity index (χ1n) is 6.38. The number of halogens is 2. The highest BCUT2D eigenvalue weighted by Crippen LogP contribution is 2.27. The molecule has 1 aromatic carbocycles. The molecule has 0 aliphatic rings. The van der Waals surface area contributed by atoms with Crippen LogP contribution in [-0.2, 0) is 4.79 Å². The Balaban J connectivity index is 0.00000400. The molecule has 1 amide bonds. The van der Waals surface area contributed by atoms with Gasteiger partial charge in [-0.2, -0.15) is 11.8 Å². The van der Waals surface area contributed by atoms with Crippen LogP contribution >= 0.6 is 24.2 Å². The van der Waals surface area contributed by atoms with Crippen molar-refractivity contribution in [3.63, 3.8) is 0 Å². The van der Waals surface area contributed by atoms with E-state index in [1.54, 1.807) is 30.8 Å². The number of hydrogen-bond donors (Lipinski definition) is 2. The van der Waals surface area contributed by atoms with Crippen molar-refractivity contribution in [2.45, 2.75) is 25.4 Å². The number of methoxy groups -OCH3 is 1. The molecule has 0 saturated carbocycles. The molecule has 1 aromatic rings. The average molecular weight is 337 g/mol. The Morgan fingerprint density at radius 2 is 2.19 bits per heavy atom. The number of ether oxygens (including phenoxy) is 1. The van der Waals surface area contributed by atoms with E-state index in [0.29, 0.717) is 17.7 Å². The molecule has 2 atom stereocenters. The Labute approximate surface area is 135 Å². The highest BCUT2D eigenvalue weighted by molar-refractivity contribution is 7.98. The number of thioether (sulfide) groups is 1. The lowest BCUT2D eigenvalue weighted by atomic mass is 10.1. The number of carbonyl (C=O) groups is 1. The highest BCUT2D eigenvalue weighted by Gasteiger charge is 2.21. The fourth-order valence-corrected chi connectivity index (χ4v) is 2.37. The van der Waals surface area contributed by atoms with Crippen LogP contribution in [0.2, 0.25) is 0 Å². The summed E-state index contributed by atoms with van der Waals surface area (Å²) >= 11 is 1.63. The fourth-order valence-electron chi connectivity index (χ4n) is 1.88. The van der Waals surface area contributed by atoms with Crippen molar-refractivity contribution in [1.82, 2.24) is 5.32 Å². The molecule has 0 heterocycles. The van der Waals surface area contributed by atoms with Crippen LogP contribution in [0.1, 0.15) is 24.9 Å². The number of nitrogens with two attached hydrogens (primary N) is 1. The fraction of sp³-hybridized carbons (Fsp3) is 0.500. The zero-order valence-electron chi connectivity index (χ0n) is 12.4. The Kier molecular flexibility index (Phi) is 9.41. The van der Waals surface area contributed by atoms with Crippen molar-refractivity contribution < 1.29 is 13.9 Å². The molecule has 0 aliphatic heterocycles. The van der Waals surface area contributed by atoms with Gasteiger partial charge in [-0.05, 0) is 37.5 Å².